The fourth-order valence-corrected chi connectivity index (χ4v) is 3.22. The Bertz CT molecular complexity index is 590. The summed E-state index contributed by atoms with van der Waals surface area (Å²) in [6, 6.07) is 3.60. The van der Waals surface area contributed by atoms with Crippen LogP contribution in [0.15, 0.2) is 17.8 Å². The lowest BCUT2D eigenvalue weighted by Gasteiger charge is -2.41. The number of hydrogen-bond donors (Lipinski definition) is 0. The predicted molar refractivity (Wildman–Crippen MR) is 83.4 cm³/mol. The van der Waals surface area contributed by atoms with Gasteiger partial charge < -0.3 is 19.1 Å². The molecule has 0 N–H and O–H groups in total. The first-order chi connectivity index (χ1) is 10.7. The van der Waals surface area contributed by atoms with E-state index in [0.29, 0.717) is 17.2 Å². The number of nitrogens with zero attached hydrogens (tertiary/aromatic N) is 1. The SMILES string of the molecule is COc1cc(OC)c(C=C2C(=O)C3CCN2CC3)c(OC)c1. The third kappa shape index (κ3) is 2.40. The molecule has 0 saturated carbocycles. The highest BCUT2D eigenvalue weighted by atomic mass is 16.5. The zero-order valence-electron chi connectivity index (χ0n) is 13.2. The van der Waals surface area contributed by atoms with Crippen LogP contribution in [0.4, 0.5) is 0 Å². The number of Topliss-reactive ketones (excluding diaryl/α,β-unsaturated/α-hetero) is 1. The Kier molecular flexibility index (Phi) is 3.96. The number of ether oxygens (including phenoxy) is 3. The molecule has 0 radical (unpaired) electrons. The van der Waals surface area contributed by atoms with Crippen LogP contribution < -0.4 is 14.2 Å². The van der Waals surface area contributed by atoms with E-state index in [0.717, 1.165) is 37.2 Å². The zero-order chi connectivity index (χ0) is 15.7. The summed E-state index contributed by atoms with van der Waals surface area (Å²) in [5, 5.41) is 0. The average Bonchev–Trinajstić information content (AvgIpc) is 2.58. The Morgan fingerprint density at radius 3 is 2.09 bits per heavy atom. The van der Waals surface area contributed by atoms with Crippen LogP contribution in [0, 0.1) is 5.92 Å². The van der Waals surface area contributed by atoms with E-state index >= 15 is 0 Å². The number of methoxy groups -OCH3 is 3. The zero-order valence-corrected chi connectivity index (χ0v) is 13.2. The highest BCUT2D eigenvalue weighted by Gasteiger charge is 2.36. The summed E-state index contributed by atoms with van der Waals surface area (Å²) in [4.78, 5) is 14.7. The number of hydrogen-bond acceptors (Lipinski definition) is 5. The average molecular weight is 303 g/mol. The van der Waals surface area contributed by atoms with Crippen LogP contribution in [0.1, 0.15) is 18.4 Å². The molecule has 1 aromatic rings. The number of benzene rings is 1. The van der Waals surface area contributed by atoms with Crippen molar-refractivity contribution in [1.82, 2.24) is 4.90 Å². The summed E-state index contributed by atoms with van der Waals surface area (Å²) in [6.45, 7) is 1.89. The molecule has 118 valence electrons. The molecule has 22 heavy (non-hydrogen) atoms. The van der Waals surface area contributed by atoms with E-state index < -0.39 is 0 Å². The summed E-state index contributed by atoms with van der Waals surface area (Å²) in [7, 11) is 4.80. The predicted octanol–water partition coefficient (Wildman–Crippen LogP) is 2.35. The molecule has 0 spiro atoms. The molecule has 3 saturated heterocycles. The van der Waals surface area contributed by atoms with Gasteiger partial charge in [0.25, 0.3) is 0 Å². The number of rotatable bonds is 4. The van der Waals surface area contributed by atoms with Gasteiger partial charge in [0.15, 0.2) is 5.78 Å². The van der Waals surface area contributed by atoms with Crippen LogP contribution in [0.3, 0.4) is 0 Å². The smallest absolute Gasteiger partial charge is 0.182 e. The van der Waals surface area contributed by atoms with Gasteiger partial charge in [-0.2, -0.15) is 0 Å². The van der Waals surface area contributed by atoms with E-state index in [-0.39, 0.29) is 11.7 Å². The number of fused-ring (bicyclic) bond motifs is 3. The summed E-state index contributed by atoms with van der Waals surface area (Å²) in [6.07, 6.45) is 3.82. The quantitative estimate of drug-likeness (QED) is 0.799. The van der Waals surface area contributed by atoms with E-state index in [1.165, 1.54) is 0 Å². The van der Waals surface area contributed by atoms with Gasteiger partial charge in [-0.3, -0.25) is 4.79 Å². The molecular weight excluding hydrogens is 282 g/mol. The second kappa shape index (κ2) is 5.91. The van der Waals surface area contributed by atoms with Gasteiger partial charge >= 0.3 is 0 Å². The van der Waals surface area contributed by atoms with Crippen LogP contribution in [0.25, 0.3) is 6.08 Å². The van der Waals surface area contributed by atoms with Crippen molar-refractivity contribution < 1.29 is 19.0 Å². The lowest BCUT2D eigenvalue weighted by molar-refractivity contribution is -0.125. The van der Waals surface area contributed by atoms with Gasteiger partial charge in [0.05, 0.1) is 32.6 Å². The fraction of sp³-hybridized carbons (Fsp3) is 0.471. The molecule has 1 aromatic carbocycles. The Morgan fingerprint density at radius 2 is 1.64 bits per heavy atom. The Hall–Kier alpha value is -2.17. The topological polar surface area (TPSA) is 48.0 Å². The molecule has 0 aliphatic carbocycles. The number of ketones is 1. The molecule has 3 aliphatic rings. The van der Waals surface area contributed by atoms with Gasteiger partial charge in [0.2, 0.25) is 0 Å². The first kappa shape index (κ1) is 14.8. The van der Waals surface area contributed by atoms with Gasteiger partial charge in [0.1, 0.15) is 17.2 Å². The monoisotopic (exact) mass is 303 g/mol. The molecular formula is C17H21NO4. The third-order valence-corrected chi connectivity index (χ3v) is 4.49. The third-order valence-electron chi connectivity index (χ3n) is 4.49. The van der Waals surface area contributed by atoms with Gasteiger partial charge in [-0.25, -0.2) is 0 Å². The highest BCUT2D eigenvalue weighted by Crippen LogP contribution is 2.38. The first-order valence-corrected chi connectivity index (χ1v) is 7.48. The Morgan fingerprint density at radius 1 is 1.05 bits per heavy atom. The van der Waals surface area contributed by atoms with E-state index in [9.17, 15) is 4.79 Å². The maximum atomic E-state index is 12.5. The van der Waals surface area contributed by atoms with Crippen molar-refractivity contribution in [2.75, 3.05) is 34.4 Å². The van der Waals surface area contributed by atoms with Crippen LogP contribution in [-0.4, -0.2) is 45.1 Å². The molecule has 5 nitrogen and oxygen atoms in total. The molecule has 3 fully saturated rings. The molecule has 5 heteroatoms. The van der Waals surface area contributed by atoms with Gasteiger partial charge in [-0.05, 0) is 18.9 Å². The van der Waals surface area contributed by atoms with Gasteiger partial charge in [0, 0.05) is 31.1 Å². The van der Waals surface area contributed by atoms with Crippen molar-refractivity contribution in [2.24, 2.45) is 5.92 Å². The number of allylic oxidation sites excluding steroid dienone is 1. The lowest BCUT2D eigenvalue weighted by Crippen LogP contribution is -2.45. The van der Waals surface area contributed by atoms with Crippen LogP contribution in [0.2, 0.25) is 0 Å². The molecule has 0 unspecified atom stereocenters. The van der Waals surface area contributed by atoms with Crippen LogP contribution in [-0.2, 0) is 4.79 Å². The molecule has 2 bridgehead atoms. The molecule has 0 atom stereocenters. The number of piperidine rings is 3. The van der Waals surface area contributed by atoms with Crippen LogP contribution >= 0.6 is 0 Å². The van der Waals surface area contributed by atoms with E-state index in [2.05, 4.69) is 4.90 Å². The minimum atomic E-state index is 0.173. The molecule has 0 amide bonds. The largest absolute Gasteiger partial charge is 0.496 e. The van der Waals surface area contributed by atoms with Crippen molar-refractivity contribution in [3.05, 3.63) is 23.4 Å². The first-order valence-electron chi connectivity index (χ1n) is 7.48. The molecule has 3 aliphatic heterocycles. The molecule has 3 heterocycles. The maximum absolute atomic E-state index is 12.5. The molecule has 0 aromatic heterocycles. The standard InChI is InChI=1S/C17H21NO4/c1-20-12-8-15(21-2)13(16(9-12)22-3)10-14-17(19)11-4-6-18(14)7-5-11/h8-11H,4-7H2,1-3H3. The normalized spacial score (nSPS) is 19.7. The summed E-state index contributed by atoms with van der Waals surface area (Å²) in [5.74, 6) is 2.34. The van der Waals surface area contributed by atoms with Crippen molar-refractivity contribution in [3.8, 4) is 17.2 Å². The van der Waals surface area contributed by atoms with Gasteiger partial charge in [-0.15, -0.1) is 0 Å². The Labute approximate surface area is 130 Å². The van der Waals surface area contributed by atoms with Gasteiger partial charge in [-0.1, -0.05) is 0 Å². The lowest BCUT2D eigenvalue weighted by atomic mass is 9.84. The fourth-order valence-electron chi connectivity index (χ4n) is 3.22. The van der Waals surface area contributed by atoms with Crippen LogP contribution in [0.5, 0.6) is 17.2 Å². The maximum Gasteiger partial charge on any atom is 0.182 e. The summed E-state index contributed by atoms with van der Waals surface area (Å²) >= 11 is 0. The molecule has 4 rings (SSSR count). The minimum absolute atomic E-state index is 0.173. The summed E-state index contributed by atoms with van der Waals surface area (Å²) < 4.78 is 16.2. The Balaban J connectivity index is 2.07. The second-order valence-corrected chi connectivity index (χ2v) is 5.60. The van der Waals surface area contributed by atoms with Crippen molar-refractivity contribution in [2.45, 2.75) is 12.8 Å². The van der Waals surface area contributed by atoms with E-state index in [4.69, 9.17) is 14.2 Å². The summed E-state index contributed by atoms with van der Waals surface area (Å²) in [5.41, 5.74) is 1.55. The van der Waals surface area contributed by atoms with Crippen molar-refractivity contribution in [1.29, 1.82) is 0 Å². The van der Waals surface area contributed by atoms with Crippen molar-refractivity contribution in [3.63, 3.8) is 0 Å². The minimum Gasteiger partial charge on any atom is -0.496 e. The van der Waals surface area contributed by atoms with E-state index in [1.807, 2.05) is 6.08 Å². The van der Waals surface area contributed by atoms with E-state index in [1.54, 1.807) is 33.5 Å². The second-order valence-electron chi connectivity index (χ2n) is 5.60. The van der Waals surface area contributed by atoms with Crippen molar-refractivity contribution >= 4 is 11.9 Å². The number of carbonyl (C=O) groups is 1. The number of carbonyl (C=O) groups excluding carboxylic acids is 1. The highest BCUT2D eigenvalue weighted by molar-refractivity contribution is 6.02.